The molecule has 0 amide bonds. The maximum absolute atomic E-state index is 5.30. The molecule has 0 aliphatic carbocycles. The standard InChI is InChI=1S/C5H14N2.2FH/c1-3-7-5(2)4-6;;/h5,7H,3-4,6H2,1-2H3;2*1H. The largest absolute Gasteiger partial charge is 0.329 e. The number of hydrogen-bond acceptors (Lipinski definition) is 2. The number of likely N-dealkylation sites (N-methyl/N-ethyl adjacent to an activating group) is 1. The molecule has 2 nitrogen and oxygen atoms in total. The molecule has 9 heavy (non-hydrogen) atoms. The molecule has 0 aliphatic heterocycles. The van der Waals surface area contributed by atoms with E-state index < -0.39 is 0 Å². The Bertz CT molecular complexity index is 43.9. The van der Waals surface area contributed by atoms with Crippen molar-refractivity contribution in [2.24, 2.45) is 5.73 Å². The van der Waals surface area contributed by atoms with E-state index in [0.717, 1.165) is 13.1 Å². The van der Waals surface area contributed by atoms with Crippen LogP contribution < -0.4 is 11.1 Å². The van der Waals surface area contributed by atoms with Gasteiger partial charge in [0.15, 0.2) is 0 Å². The zero-order chi connectivity index (χ0) is 5.70. The number of hydrogen-bond donors (Lipinski definition) is 2. The molecule has 0 rings (SSSR count). The Morgan fingerprint density at radius 2 is 1.89 bits per heavy atom. The van der Waals surface area contributed by atoms with Crippen molar-refractivity contribution in [1.82, 2.24) is 5.32 Å². The Labute approximate surface area is 54.5 Å². The van der Waals surface area contributed by atoms with Gasteiger partial charge in [-0.15, -0.1) is 0 Å². The van der Waals surface area contributed by atoms with Crippen LogP contribution in [0, 0.1) is 0 Å². The van der Waals surface area contributed by atoms with Crippen molar-refractivity contribution in [1.29, 1.82) is 0 Å². The maximum Gasteiger partial charge on any atom is 0.0161 e. The zero-order valence-corrected chi connectivity index (χ0v) is 5.89. The summed E-state index contributed by atoms with van der Waals surface area (Å²) < 4.78 is 0. The van der Waals surface area contributed by atoms with Gasteiger partial charge in [0.25, 0.3) is 0 Å². The molecule has 0 aromatic carbocycles. The van der Waals surface area contributed by atoms with Crippen LogP contribution in [0.25, 0.3) is 0 Å². The Morgan fingerprint density at radius 3 is 2.00 bits per heavy atom. The predicted octanol–water partition coefficient (Wildman–Crippen LogP) is 0.248. The van der Waals surface area contributed by atoms with Crippen LogP contribution in [-0.2, 0) is 0 Å². The minimum absolute atomic E-state index is 0. The topological polar surface area (TPSA) is 38.0 Å². The monoisotopic (exact) mass is 142 g/mol. The summed E-state index contributed by atoms with van der Waals surface area (Å²) in [5.74, 6) is 0. The van der Waals surface area contributed by atoms with Crippen LogP contribution in [0.4, 0.5) is 9.41 Å². The Morgan fingerprint density at radius 1 is 1.44 bits per heavy atom. The lowest BCUT2D eigenvalue weighted by molar-refractivity contribution is 0.577. The number of nitrogens with one attached hydrogen (secondary N) is 1. The van der Waals surface area contributed by atoms with E-state index in [9.17, 15) is 0 Å². The van der Waals surface area contributed by atoms with Crippen molar-refractivity contribution >= 4 is 0 Å². The summed E-state index contributed by atoms with van der Waals surface area (Å²) in [5.41, 5.74) is 5.30. The quantitative estimate of drug-likeness (QED) is 0.592. The summed E-state index contributed by atoms with van der Waals surface area (Å²) in [7, 11) is 0. The SMILES string of the molecule is CCNC(C)CN.F.F. The molecule has 0 saturated heterocycles. The average molecular weight is 142 g/mol. The number of halogens is 2. The molecule has 0 aromatic heterocycles. The summed E-state index contributed by atoms with van der Waals surface area (Å²) >= 11 is 0. The van der Waals surface area contributed by atoms with Gasteiger partial charge in [0.2, 0.25) is 0 Å². The smallest absolute Gasteiger partial charge is 0.0161 e. The van der Waals surface area contributed by atoms with E-state index >= 15 is 0 Å². The van der Waals surface area contributed by atoms with Crippen LogP contribution in [0.15, 0.2) is 0 Å². The van der Waals surface area contributed by atoms with Gasteiger partial charge in [-0.25, -0.2) is 0 Å². The molecule has 0 spiro atoms. The third-order valence-corrected chi connectivity index (χ3v) is 0.906. The van der Waals surface area contributed by atoms with Crippen LogP contribution in [0.5, 0.6) is 0 Å². The summed E-state index contributed by atoms with van der Waals surface area (Å²) in [6.07, 6.45) is 0. The van der Waals surface area contributed by atoms with Crippen molar-refractivity contribution in [2.45, 2.75) is 19.9 Å². The normalized spacial score (nSPS) is 11.0. The molecule has 60 valence electrons. The van der Waals surface area contributed by atoms with E-state index in [0.29, 0.717) is 6.04 Å². The van der Waals surface area contributed by atoms with E-state index in [2.05, 4.69) is 19.2 Å². The molecular weight excluding hydrogens is 126 g/mol. The summed E-state index contributed by atoms with van der Waals surface area (Å²) in [6.45, 7) is 5.89. The molecular formula is C5H16F2N2. The second kappa shape index (κ2) is 10.7. The summed E-state index contributed by atoms with van der Waals surface area (Å²) in [4.78, 5) is 0. The van der Waals surface area contributed by atoms with Gasteiger partial charge < -0.3 is 11.1 Å². The first-order valence-electron chi connectivity index (χ1n) is 2.74. The van der Waals surface area contributed by atoms with Gasteiger partial charge in [0.1, 0.15) is 0 Å². The van der Waals surface area contributed by atoms with E-state index in [1.165, 1.54) is 0 Å². The fourth-order valence-electron chi connectivity index (χ4n) is 0.432. The van der Waals surface area contributed by atoms with Crippen LogP contribution >= 0.6 is 0 Å². The van der Waals surface area contributed by atoms with Crippen LogP contribution in [0.3, 0.4) is 0 Å². The third kappa shape index (κ3) is 11.4. The first-order chi connectivity index (χ1) is 3.31. The van der Waals surface area contributed by atoms with Crippen molar-refractivity contribution in [3.63, 3.8) is 0 Å². The molecule has 0 aliphatic rings. The van der Waals surface area contributed by atoms with Crippen molar-refractivity contribution in [3.8, 4) is 0 Å². The second-order valence-electron chi connectivity index (χ2n) is 1.69. The minimum Gasteiger partial charge on any atom is -0.329 e. The van der Waals surface area contributed by atoms with Gasteiger partial charge in [0.05, 0.1) is 0 Å². The highest BCUT2D eigenvalue weighted by molar-refractivity contribution is 4.56. The minimum atomic E-state index is 0. The van der Waals surface area contributed by atoms with E-state index in [1.807, 2.05) is 0 Å². The molecule has 0 radical (unpaired) electrons. The third-order valence-electron chi connectivity index (χ3n) is 0.906. The maximum atomic E-state index is 5.30. The lowest BCUT2D eigenvalue weighted by atomic mass is 10.3. The van der Waals surface area contributed by atoms with Gasteiger partial charge in [-0.3, -0.25) is 9.41 Å². The second-order valence-corrected chi connectivity index (χ2v) is 1.69. The molecule has 4 heteroatoms. The lowest BCUT2D eigenvalue weighted by Gasteiger charge is -2.06. The molecule has 1 atom stereocenters. The molecule has 0 fully saturated rings. The molecule has 3 N–H and O–H groups in total. The predicted molar refractivity (Wildman–Crippen MR) is 37.2 cm³/mol. The highest BCUT2D eigenvalue weighted by atomic mass is 19.0. The zero-order valence-electron chi connectivity index (χ0n) is 5.89. The highest BCUT2D eigenvalue weighted by Crippen LogP contribution is 1.71. The number of rotatable bonds is 3. The molecule has 0 heterocycles. The first kappa shape index (κ1) is 15.9. The Hall–Kier alpha value is -0.220. The Balaban J connectivity index is -0.000000180. The van der Waals surface area contributed by atoms with E-state index in [-0.39, 0.29) is 9.41 Å². The first-order valence-corrected chi connectivity index (χ1v) is 2.74. The molecule has 0 aromatic rings. The lowest BCUT2D eigenvalue weighted by Crippen LogP contribution is -2.32. The Kier molecular flexibility index (Phi) is 18.9. The van der Waals surface area contributed by atoms with Crippen LogP contribution in [0.2, 0.25) is 0 Å². The van der Waals surface area contributed by atoms with E-state index in [4.69, 9.17) is 5.73 Å². The van der Waals surface area contributed by atoms with Gasteiger partial charge in [-0.2, -0.15) is 0 Å². The van der Waals surface area contributed by atoms with Gasteiger partial charge >= 0.3 is 0 Å². The molecule has 0 bridgehead atoms. The number of nitrogens with two attached hydrogens (primary N) is 1. The van der Waals surface area contributed by atoms with Gasteiger partial charge in [-0.1, -0.05) is 6.92 Å². The highest BCUT2D eigenvalue weighted by Gasteiger charge is 1.90. The van der Waals surface area contributed by atoms with Gasteiger partial charge in [-0.05, 0) is 13.5 Å². The fourth-order valence-corrected chi connectivity index (χ4v) is 0.432. The van der Waals surface area contributed by atoms with Gasteiger partial charge in [0, 0.05) is 12.6 Å². The summed E-state index contributed by atoms with van der Waals surface area (Å²) in [6, 6.07) is 0.477. The van der Waals surface area contributed by atoms with Crippen LogP contribution in [-0.4, -0.2) is 19.1 Å². The molecule has 0 saturated carbocycles. The summed E-state index contributed by atoms with van der Waals surface area (Å²) in [5, 5.41) is 3.17. The average Bonchev–Trinajstić information content (AvgIpc) is 1.68. The molecule has 1 unspecified atom stereocenters. The van der Waals surface area contributed by atoms with Crippen LogP contribution in [0.1, 0.15) is 13.8 Å². The van der Waals surface area contributed by atoms with Crippen molar-refractivity contribution in [3.05, 3.63) is 0 Å². The fraction of sp³-hybridized carbons (Fsp3) is 1.00. The van der Waals surface area contributed by atoms with E-state index in [1.54, 1.807) is 0 Å². The van der Waals surface area contributed by atoms with Crippen molar-refractivity contribution in [2.75, 3.05) is 13.1 Å². The van der Waals surface area contributed by atoms with Crippen molar-refractivity contribution < 1.29 is 9.41 Å².